The van der Waals surface area contributed by atoms with E-state index in [9.17, 15) is 0 Å². The number of carboxylic acids is 1. The molecular formula is C74H64O2P4. The lowest BCUT2D eigenvalue weighted by Crippen LogP contribution is -2.20. The molecule has 2 nitrogen and oxygen atoms in total. The Bertz CT molecular complexity index is 2690. The van der Waals surface area contributed by atoms with E-state index in [-0.39, 0.29) is 0 Å². The first-order valence-electron chi connectivity index (χ1n) is 26.5. The van der Waals surface area contributed by atoms with E-state index in [0.717, 1.165) is 6.92 Å². The van der Waals surface area contributed by atoms with Gasteiger partial charge in [0.2, 0.25) is 0 Å². The summed E-state index contributed by atoms with van der Waals surface area (Å²) in [4.78, 5) is 9.00. The maximum Gasteiger partial charge on any atom is 0.300 e. The monoisotopic (exact) mass is 1110 g/mol. The Morgan fingerprint density at radius 1 is 0.188 bits per heavy atom. The number of carboxylic acid groups (broad SMARTS) is 1. The molecule has 12 aromatic rings. The van der Waals surface area contributed by atoms with Crippen LogP contribution in [0.1, 0.15) is 6.92 Å². The maximum absolute atomic E-state index is 9.00. The first-order chi connectivity index (χ1) is 39.5. The second-order valence-corrected chi connectivity index (χ2v) is 26.8. The van der Waals surface area contributed by atoms with Crippen LogP contribution in [0.25, 0.3) is 0 Å². The molecule has 1 N–H and O–H groups in total. The van der Waals surface area contributed by atoms with Crippen molar-refractivity contribution in [1.29, 1.82) is 0 Å². The van der Waals surface area contributed by atoms with Crippen molar-refractivity contribution < 1.29 is 9.90 Å². The summed E-state index contributed by atoms with van der Waals surface area (Å²) in [7, 11) is -1.78. The van der Waals surface area contributed by atoms with E-state index in [0.29, 0.717) is 0 Å². The third kappa shape index (κ3) is 17.9. The van der Waals surface area contributed by atoms with Gasteiger partial charge in [0.05, 0.1) is 0 Å². The normalized spacial score (nSPS) is 10.4. The fraction of sp³-hybridized carbons (Fsp3) is 0.0135. The molecule has 0 radical (unpaired) electrons. The number of carbonyl (C=O) groups is 1. The highest BCUT2D eigenvalue weighted by Crippen LogP contribution is 2.35. The van der Waals surface area contributed by atoms with Gasteiger partial charge in [-0.3, -0.25) is 4.79 Å². The van der Waals surface area contributed by atoms with E-state index in [2.05, 4.69) is 364 Å². The SMILES string of the molecule is CC(=O)O.c1ccc(P(c2ccccc2)c2ccccc2)cc1.c1ccc(P(c2ccccc2)c2ccccc2)cc1.c1ccc(P(c2ccccc2)c2ccccc2)cc1.c1ccc(P(c2ccccc2)c2ccccc2)cc1. The van der Waals surface area contributed by atoms with Crippen LogP contribution in [0, 0.1) is 0 Å². The van der Waals surface area contributed by atoms with Crippen molar-refractivity contribution in [2.75, 3.05) is 0 Å². The average molecular weight is 1110 g/mol. The topological polar surface area (TPSA) is 37.3 Å². The van der Waals surface area contributed by atoms with Gasteiger partial charge in [0.1, 0.15) is 0 Å². The number of hydrogen-bond acceptors (Lipinski definition) is 1. The van der Waals surface area contributed by atoms with E-state index in [1.807, 2.05) is 0 Å². The zero-order valence-corrected chi connectivity index (χ0v) is 48.4. The van der Waals surface area contributed by atoms with Crippen LogP contribution in [0.5, 0.6) is 0 Å². The second-order valence-electron chi connectivity index (χ2n) is 17.9. The van der Waals surface area contributed by atoms with Crippen molar-refractivity contribution in [3.05, 3.63) is 364 Å². The predicted molar refractivity (Wildman–Crippen MR) is 354 cm³/mol. The quantitative estimate of drug-likeness (QED) is 0.124. The van der Waals surface area contributed by atoms with Crippen molar-refractivity contribution in [2.45, 2.75) is 6.92 Å². The fourth-order valence-electron chi connectivity index (χ4n) is 8.71. The molecule has 0 bridgehead atoms. The summed E-state index contributed by atoms with van der Waals surface area (Å²) in [5.74, 6) is -0.833. The molecule has 12 aromatic carbocycles. The summed E-state index contributed by atoms with van der Waals surface area (Å²) in [6.45, 7) is 1.08. The molecule has 0 aromatic heterocycles. The first kappa shape index (κ1) is 58.0. The van der Waals surface area contributed by atoms with Gasteiger partial charge >= 0.3 is 0 Å². The van der Waals surface area contributed by atoms with Crippen molar-refractivity contribution in [3.8, 4) is 0 Å². The molecule has 0 fully saturated rings. The maximum atomic E-state index is 9.00. The standard InChI is InChI=1S/4C18H15P.C2H4O2/c4*1-4-10-16(11-5-1)19(17-12-6-2-7-13-17)18-14-8-3-9-15-18;1-2(3)4/h4*1-15H;1H3,(H,3,4). The Morgan fingerprint density at radius 2 is 0.250 bits per heavy atom. The summed E-state index contributed by atoms with van der Waals surface area (Å²) in [6.07, 6.45) is 0. The summed E-state index contributed by atoms with van der Waals surface area (Å²) in [5, 5.41) is 24.2. The molecule has 0 spiro atoms. The Hall–Kier alpha value is -8.17. The van der Waals surface area contributed by atoms with Crippen LogP contribution in [0.2, 0.25) is 0 Å². The first-order valence-corrected chi connectivity index (χ1v) is 31.9. The molecule has 0 aliphatic heterocycles. The number of rotatable bonds is 12. The molecule has 0 amide bonds. The van der Waals surface area contributed by atoms with E-state index in [1.165, 1.54) is 63.7 Å². The van der Waals surface area contributed by atoms with E-state index >= 15 is 0 Å². The van der Waals surface area contributed by atoms with Crippen LogP contribution in [-0.4, -0.2) is 11.1 Å². The molecule has 392 valence electrons. The average Bonchev–Trinajstić information content (AvgIpc) is 3.53. The van der Waals surface area contributed by atoms with Gasteiger partial charge in [-0.05, 0) is 95.3 Å². The van der Waals surface area contributed by atoms with Crippen molar-refractivity contribution in [2.24, 2.45) is 0 Å². The van der Waals surface area contributed by atoms with Gasteiger partial charge in [-0.1, -0.05) is 364 Å². The highest BCUT2D eigenvalue weighted by molar-refractivity contribution is 7.81. The smallest absolute Gasteiger partial charge is 0.300 e. The Labute approximate surface area is 479 Å². The zero-order valence-electron chi connectivity index (χ0n) is 44.8. The Kier molecular flexibility index (Phi) is 23.7. The molecule has 0 saturated carbocycles. The van der Waals surface area contributed by atoms with Crippen LogP contribution in [-0.2, 0) is 4.79 Å². The van der Waals surface area contributed by atoms with Crippen molar-refractivity contribution in [1.82, 2.24) is 0 Å². The lowest BCUT2D eigenvalue weighted by atomic mass is 10.4. The fourth-order valence-corrected chi connectivity index (χ4v) is 17.9. The Balaban J connectivity index is 0.000000137. The van der Waals surface area contributed by atoms with Gasteiger partial charge in [-0.2, -0.15) is 0 Å². The highest BCUT2D eigenvalue weighted by Gasteiger charge is 2.18. The predicted octanol–water partition coefficient (Wildman–Crippen LogP) is 13.9. The summed E-state index contributed by atoms with van der Waals surface area (Å²) >= 11 is 0. The lowest BCUT2D eigenvalue weighted by molar-refractivity contribution is -0.134. The molecule has 6 heteroatoms. The van der Waals surface area contributed by atoms with Crippen LogP contribution in [0.4, 0.5) is 0 Å². The second kappa shape index (κ2) is 32.7. The summed E-state index contributed by atoms with van der Waals surface area (Å²) in [6, 6.07) is 129. The van der Waals surface area contributed by atoms with E-state index in [4.69, 9.17) is 9.90 Å². The van der Waals surface area contributed by atoms with Crippen LogP contribution in [0.3, 0.4) is 0 Å². The largest absolute Gasteiger partial charge is 0.481 e. The third-order valence-corrected chi connectivity index (χ3v) is 21.9. The van der Waals surface area contributed by atoms with Gasteiger partial charge < -0.3 is 5.11 Å². The lowest BCUT2D eigenvalue weighted by Gasteiger charge is -2.18. The number of aliphatic carboxylic acids is 1. The van der Waals surface area contributed by atoms with E-state index < -0.39 is 37.7 Å². The number of hydrogen-bond donors (Lipinski definition) is 1. The highest BCUT2D eigenvalue weighted by atomic mass is 31.1. The summed E-state index contributed by atoms with van der Waals surface area (Å²) in [5.41, 5.74) is 0. The molecule has 80 heavy (non-hydrogen) atoms. The van der Waals surface area contributed by atoms with Crippen molar-refractivity contribution >= 4 is 101 Å². The molecule has 0 atom stereocenters. The molecule has 0 saturated heterocycles. The molecule has 0 aliphatic rings. The molecular weight excluding hydrogens is 1040 g/mol. The Morgan fingerprint density at radius 3 is 0.312 bits per heavy atom. The summed E-state index contributed by atoms with van der Waals surface area (Å²) < 4.78 is 0. The van der Waals surface area contributed by atoms with Crippen molar-refractivity contribution in [3.63, 3.8) is 0 Å². The van der Waals surface area contributed by atoms with E-state index in [1.54, 1.807) is 0 Å². The van der Waals surface area contributed by atoms with Gasteiger partial charge in [-0.25, -0.2) is 0 Å². The van der Waals surface area contributed by atoms with Gasteiger partial charge in [0.25, 0.3) is 5.97 Å². The zero-order chi connectivity index (χ0) is 55.2. The molecule has 0 heterocycles. The minimum atomic E-state index is -0.833. The third-order valence-electron chi connectivity index (χ3n) is 12.2. The molecule has 0 unspecified atom stereocenters. The van der Waals surface area contributed by atoms with Crippen LogP contribution >= 0.6 is 31.7 Å². The van der Waals surface area contributed by atoms with Gasteiger partial charge in [-0.15, -0.1) is 0 Å². The molecule has 12 rings (SSSR count). The van der Waals surface area contributed by atoms with Crippen LogP contribution in [0.15, 0.2) is 364 Å². The number of benzene rings is 12. The minimum absolute atomic E-state index is 0.446. The minimum Gasteiger partial charge on any atom is -0.481 e. The molecule has 0 aliphatic carbocycles. The van der Waals surface area contributed by atoms with Gasteiger partial charge in [0, 0.05) is 6.92 Å². The van der Waals surface area contributed by atoms with Gasteiger partial charge in [0.15, 0.2) is 0 Å². The van der Waals surface area contributed by atoms with Crippen LogP contribution < -0.4 is 63.7 Å².